The predicted molar refractivity (Wildman–Crippen MR) is 185 cm³/mol. The molecule has 2 aliphatic rings. The van der Waals surface area contributed by atoms with Gasteiger partial charge in [-0.1, -0.05) is 121 Å². The Kier molecular flexibility index (Phi) is 9.59. The number of carbonyl (C=O) groups excluding carboxylic acids is 4. The minimum absolute atomic E-state index is 0.1000. The van der Waals surface area contributed by atoms with Gasteiger partial charge in [0.25, 0.3) is 0 Å². The van der Waals surface area contributed by atoms with E-state index in [1.807, 2.05) is 121 Å². The zero-order valence-corrected chi connectivity index (χ0v) is 25.9. The lowest BCUT2D eigenvalue weighted by Gasteiger charge is -2.32. The zero-order chi connectivity index (χ0) is 32.6. The van der Waals surface area contributed by atoms with Gasteiger partial charge >= 0.3 is 0 Å². The number of Topliss-reactive ketones (excluding diaryl/α,β-unsaturated/α-hetero) is 2. The highest BCUT2D eigenvalue weighted by atomic mass is 16.2. The lowest BCUT2D eigenvalue weighted by molar-refractivity contribution is -0.140. The smallest absolute Gasteiger partial charge is 0.232 e. The highest BCUT2D eigenvalue weighted by molar-refractivity contribution is 6.17. The summed E-state index contributed by atoms with van der Waals surface area (Å²) in [5, 5.41) is 0. The van der Waals surface area contributed by atoms with Gasteiger partial charge in [0.1, 0.15) is 6.42 Å². The van der Waals surface area contributed by atoms with Crippen molar-refractivity contribution in [2.24, 2.45) is 0 Å². The first-order valence-corrected chi connectivity index (χ1v) is 15.6. The van der Waals surface area contributed by atoms with Gasteiger partial charge in [-0.15, -0.1) is 0 Å². The van der Waals surface area contributed by atoms with Crippen LogP contribution in [-0.2, 0) is 19.2 Å². The standard InChI is InChI=1S/C41H34N2O4/c44-38(42-26-34(21-30-13-5-1-6-14-30)40(46)35(27-42)22-31-15-7-2-8-16-31)25-39(45)43-28-36(23-32-17-9-3-10-18-32)41(47)37(29-43)24-33-19-11-4-12-20-33/h1-24H,25-29H2/b34-21-,35-22+,36-23+,37-24+. The van der Waals surface area contributed by atoms with E-state index in [1.165, 1.54) is 0 Å². The molecule has 0 saturated carbocycles. The van der Waals surface area contributed by atoms with E-state index in [4.69, 9.17) is 0 Å². The number of hydrogen-bond acceptors (Lipinski definition) is 4. The van der Waals surface area contributed by atoms with E-state index in [2.05, 4.69) is 0 Å². The van der Waals surface area contributed by atoms with Crippen LogP contribution in [0.1, 0.15) is 28.7 Å². The number of ketones is 2. The summed E-state index contributed by atoms with van der Waals surface area (Å²) < 4.78 is 0. The van der Waals surface area contributed by atoms with E-state index in [0.717, 1.165) is 22.3 Å². The minimum atomic E-state index is -0.378. The Hall–Kier alpha value is -5.88. The van der Waals surface area contributed by atoms with Crippen molar-refractivity contribution in [1.29, 1.82) is 0 Å². The van der Waals surface area contributed by atoms with Crippen molar-refractivity contribution in [1.82, 2.24) is 9.80 Å². The third-order valence-corrected chi connectivity index (χ3v) is 8.18. The largest absolute Gasteiger partial charge is 0.333 e. The SMILES string of the molecule is O=C1/C(=C\c2ccccc2)CN(C(=O)CC(=O)N2C/C(=C\c3ccccc3)C(=O)/C(=C/c3ccccc3)C2)C/C1=C\c1ccccc1. The van der Waals surface area contributed by atoms with Crippen LogP contribution < -0.4 is 0 Å². The van der Waals surface area contributed by atoms with Crippen molar-refractivity contribution in [2.75, 3.05) is 26.2 Å². The second-order valence-electron chi connectivity index (χ2n) is 11.7. The summed E-state index contributed by atoms with van der Waals surface area (Å²) in [7, 11) is 0. The second kappa shape index (κ2) is 14.5. The number of piperidine rings is 2. The summed E-state index contributed by atoms with van der Waals surface area (Å²) in [4.78, 5) is 57.9. The van der Waals surface area contributed by atoms with E-state index in [0.29, 0.717) is 22.3 Å². The molecule has 2 aliphatic heterocycles. The van der Waals surface area contributed by atoms with Crippen LogP contribution in [0.2, 0.25) is 0 Å². The minimum Gasteiger partial charge on any atom is -0.333 e. The molecule has 6 heteroatoms. The molecule has 2 heterocycles. The lowest BCUT2D eigenvalue weighted by atomic mass is 9.93. The molecule has 47 heavy (non-hydrogen) atoms. The van der Waals surface area contributed by atoms with Gasteiger partial charge < -0.3 is 9.80 Å². The Morgan fingerprint density at radius 3 is 0.894 bits per heavy atom. The van der Waals surface area contributed by atoms with Gasteiger partial charge in [0.05, 0.1) is 0 Å². The van der Waals surface area contributed by atoms with Crippen molar-refractivity contribution in [3.05, 3.63) is 166 Å². The molecular weight excluding hydrogens is 584 g/mol. The molecule has 6 nitrogen and oxygen atoms in total. The van der Waals surface area contributed by atoms with E-state index in [9.17, 15) is 19.2 Å². The van der Waals surface area contributed by atoms with Gasteiger partial charge in [0, 0.05) is 48.5 Å². The highest BCUT2D eigenvalue weighted by Crippen LogP contribution is 2.25. The fourth-order valence-corrected chi connectivity index (χ4v) is 5.79. The molecular formula is C41H34N2O4. The number of nitrogens with zero attached hydrogens (tertiary/aromatic N) is 2. The fourth-order valence-electron chi connectivity index (χ4n) is 5.79. The number of likely N-dealkylation sites (tertiary alicyclic amines) is 2. The summed E-state index contributed by atoms with van der Waals surface area (Å²) >= 11 is 0. The van der Waals surface area contributed by atoms with Crippen molar-refractivity contribution < 1.29 is 19.2 Å². The van der Waals surface area contributed by atoms with E-state index >= 15 is 0 Å². The summed E-state index contributed by atoms with van der Waals surface area (Å²) in [6, 6.07) is 38.0. The zero-order valence-electron chi connectivity index (χ0n) is 25.9. The molecule has 232 valence electrons. The molecule has 0 aromatic heterocycles. The van der Waals surface area contributed by atoms with Gasteiger partial charge in [0.2, 0.25) is 11.8 Å². The summed E-state index contributed by atoms with van der Waals surface area (Å²) in [6.07, 6.45) is 6.84. The topological polar surface area (TPSA) is 74.8 Å². The molecule has 0 atom stereocenters. The van der Waals surface area contributed by atoms with Gasteiger partial charge in [-0.25, -0.2) is 0 Å². The Bertz CT molecular complexity index is 1640. The fraction of sp³-hybridized carbons (Fsp3) is 0.122. The lowest BCUT2D eigenvalue weighted by Crippen LogP contribution is -2.46. The Labute approximate surface area is 274 Å². The van der Waals surface area contributed by atoms with Crippen molar-refractivity contribution in [3.63, 3.8) is 0 Å². The third-order valence-electron chi connectivity index (χ3n) is 8.18. The summed E-state index contributed by atoms with van der Waals surface area (Å²) in [5.41, 5.74) is 5.35. The molecule has 0 aliphatic carbocycles. The maximum atomic E-state index is 13.8. The van der Waals surface area contributed by atoms with Crippen LogP contribution in [-0.4, -0.2) is 59.4 Å². The third kappa shape index (κ3) is 7.86. The van der Waals surface area contributed by atoms with Gasteiger partial charge in [0.15, 0.2) is 11.6 Å². The monoisotopic (exact) mass is 618 g/mol. The Balaban J connectivity index is 1.26. The van der Waals surface area contributed by atoms with Crippen molar-refractivity contribution in [2.45, 2.75) is 6.42 Å². The van der Waals surface area contributed by atoms with Crippen LogP contribution in [0.4, 0.5) is 0 Å². The molecule has 0 N–H and O–H groups in total. The molecule has 0 spiro atoms. The summed E-state index contributed by atoms with van der Waals surface area (Å²) in [5.74, 6) is -0.984. The van der Waals surface area contributed by atoms with Crippen LogP contribution >= 0.6 is 0 Å². The first-order chi connectivity index (χ1) is 22.9. The van der Waals surface area contributed by atoms with E-state index < -0.39 is 0 Å². The van der Waals surface area contributed by atoms with Gasteiger partial charge in [-0.2, -0.15) is 0 Å². The highest BCUT2D eigenvalue weighted by Gasteiger charge is 2.33. The maximum Gasteiger partial charge on any atom is 0.232 e. The molecule has 4 aromatic carbocycles. The number of rotatable bonds is 6. The Morgan fingerprint density at radius 2 is 0.660 bits per heavy atom. The van der Waals surface area contributed by atoms with Crippen molar-refractivity contribution >= 4 is 47.7 Å². The van der Waals surface area contributed by atoms with Crippen LogP contribution in [0.5, 0.6) is 0 Å². The molecule has 0 bridgehead atoms. The van der Waals surface area contributed by atoms with Gasteiger partial charge in [-0.05, 0) is 46.6 Å². The number of hydrogen-bond donors (Lipinski definition) is 0. The average Bonchev–Trinajstić information content (AvgIpc) is 3.10. The molecule has 2 amide bonds. The van der Waals surface area contributed by atoms with Crippen LogP contribution in [0.25, 0.3) is 24.3 Å². The molecule has 4 aromatic rings. The average molecular weight is 619 g/mol. The normalized spacial score (nSPS) is 18.7. The first-order valence-electron chi connectivity index (χ1n) is 15.6. The maximum absolute atomic E-state index is 13.8. The van der Waals surface area contributed by atoms with Crippen LogP contribution in [0.15, 0.2) is 144 Å². The van der Waals surface area contributed by atoms with Crippen molar-refractivity contribution in [3.8, 4) is 0 Å². The first kappa shape index (κ1) is 31.1. The number of amides is 2. The molecule has 2 saturated heterocycles. The summed E-state index contributed by atoms with van der Waals surface area (Å²) in [6.45, 7) is 0.400. The quantitative estimate of drug-likeness (QED) is 0.182. The predicted octanol–water partition coefficient (Wildman–Crippen LogP) is 6.53. The molecule has 2 fully saturated rings. The van der Waals surface area contributed by atoms with Crippen LogP contribution in [0, 0.1) is 0 Å². The molecule has 0 radical (unpaired) electrons. The van der Waals surface area contributed by atoms with E-state index in [-0.39, 0.29) is 56.0 Å². The molecule has 6 rings (SSSR count). The molecule has 0 unspecified atom stereocenters. The van der Waals surface area contributed by atoms with Gasteiger partial charge in [-0.3, -0.25) is 19.2 Å². The van der Waals surface area contributed by atoms with Crippen LogP contribution in [0.3, 0.4) is 0 Å². The second-order valence-corrected chi connectivity index (χ2v) is 11.7. The number of benzene rings is 4. The number of carbonyl (C=O) groups is 4. The Morgan fingerprint density at radius 1 is 0.426 bits per heavy atom. The van der Waals surface area contributed by atoms with E-state index in [1.54, 1.807) is 34.1 Å².